The molecule has 77 heavy (non-hydrogen) atoms. The van der Waals surface area contributed by atoms with Gasteiger partial charge in [-0.1, -0.05) is 354 Å². The standard InChI is InChI=1S/C71H136O6/c1-4-7-10-13-16-19-22-24-26-28-29-30-31-32-33-34-35-36-37-38-39-40-41-43-44-46-49-52-55-58-61-64-70(73)76-67-68(66-75-69(72)63-60-57-54-51-48-21-18-15-12-9-6-3)77-71(74)65-62-59-56-53-50-47-45-42-27-25-23-20-17-14-11-8-5-2/h25,27,68H,4-24,26,28-67H2,1-3H3/b27-25-. The zero-order valence-corrected chi connectivity index (χ0v) is 52.5. The molecule has 0 amide bonds. The van der Waals surface area contributed by atoms with Gasteiger partial charge in [0.05, 0.1) is 0 Å². The van der Waals surface area contributed by atoms with Crippen molar-refractivity contribution >= 4 is 17.9 Å². The molecule has 0 aromatic heterocycles. The van der Waals surface area contributed by atoms with Crippen molar-refractivity contribution in [3.63, 3.8) is 0 Å². The molecule has 1 atom stereocenters. The summed E-state index contributed by atoms with van der Waals surface area (Å²) in [7, 11) is 0. The lowest BCUT2D eigenvalue weighted by atomic mass is 10.0. The summed E-state index contributed by atoms with van der Waals surface area (Å²) in [5.41, 5.74) is 0. The van der Waals surface area contributed by atoms with Crippen LogP contribution in [0.15, 0.2) is 12.2 Å². The van der Waals surface area contributed by atoms with E-state index < -0.39 is 6.10 Å². The van der Waals surface area contributed by atoms with Crippen LogP contribution in [-0.4, -0.2) is 37.2 Å². The van der Waals surface area contributed by atoms with Crippen molar-refractivity contribution in [3.8, 4) is 0 Å². The summed E-state index contributed by atoms with van der Waals surface area (Å²) in [6, 6.07) is 0. The molecule has 1 unspecified atom stereocenters. The Morgan fingerprint density at radius 1 is 0.247 bits per heavy atom. The maximum absolute atomic E-state index is 12.9. The van der Waals surface area contributed by atoms with Gasteiger partial charge in [0, 0.05) is 19.3 Å². The maximum atomic E-state index is 12.9. The van der Waals surface area contributed by atoms with E-state index in [0.29, 0.717) is 19.3 Å². The Balaban J connectivity index is 4.07. The van der Waals surface area contributed by atoms with E-state index in [9.17, 15) is 14.4 Å². The fraction of sp³-hybridized carbons (Fsp3) is 0.930. The van der Waals surface area contributed by atoms with E-state index in [0.717, 1.165) is 57.8 Å². The van der Waals surface area contributed by atoms with Gasteiger partial charge in [-0.05, 0) is 44.9 Å². The molecule has 0 N–H and O–H groups in total. The van der Waals surface area contributed by atoms with Crippen molar-refractivity contribution < 1.29 is 28.6 Å². The van der Waals surface area contributed by atoms with Crippen LogP contribution in [0.1, 0.15) is 406 Å². The van der Waals surface area contributed by atoms with Crippen LogP contribution in [0.5, 0.6) is 0 Å². The molecule has 0 saturated carbocycles. The van der Waals surface area contributed by atoms with Gasteiger partial charge in [-0.2, -0.15) is 0 Å². The summed E-state index contributed by atoms with van der Waals surface area (Å²) in [6.45, 7) is 6.70. The average molecular weight is 1090 g/mol. The summed E-state index contributed by atoms with van der Waals surface area (Å²) in [4.78, 5) is 38.3. The molecular weight excluding hydrogens is 949 g/mol. The van der Waals surface area contributed by atoms with Gasteiger partial charge < -0.3 is 14.2 Å². The number of rotatable bonds is 66. The Kier molecular flexibility index (Phi) is 65.1. The first-order valence-electron chi connectivity index (χ1n) is 35.2. The minimum absolute atomic E-state index is 0.0653. The van der Waals surface area contributed by atoms with Gasteiger partial charge >= 0.3 is 17.9 Å². The van der Waals surface area contributed by atoms with Gasteiger partial charge in [-0.3, -0.25) is 14.4 Å². The van der Waals surface area contributed by atoms with Crippen molar-refractivity contribution in [2.45, 2.75) is 412 Å². The van der Waals surface area contributed by atoms with Crippen LogP contribution in [0.25, 0.3) is 0 Å². The van der Waals surface area contributed by atoms with Gasteiger partial charge in [-0.15, -0.1) is 0 Å². The van der Waals surface area contributed by atoms with Crippen molar-refractivity contribution in [1.29, 1.82) is 0 Å². The van der Waals surface area contributed by atoms with Crippen LogP contribution in [0.2, 0.25) is 0 Å². The summed E-state index contributed by atoms with van der Waals surface area (Å²) >= 11 is 0. The Labute approximate surface area is 481 Å². The number of allylic oxidation sites excluding steroid dienone is 2. The molecule has 0 aromatic carbocycles. The van der Waals surface area contributed by atoms with E-state index in [1.165, 1.54) is 308 Å². The second kappa shape index (κ2) is 66.7. The molecule has 0 aliphatic heterocycles. The summed E-state index contributed by atoms with van der Waals surface area (Å²) in [5.74, 6) is -0.840. The zero-order valence-electron chi connectivity index (χ0n) is 52.5. The molecule has 0 aromatic rings. The van der Waals surface area contributed by atoms with Gasteiger partial charge in [0.25, 0.3) is 0 Å². The maximum Gasteiger partial charge on any atom is 0.306 e. The third kappa shape index (κ3) is 64.9. The number of ether oxygens (including phenoxy) is 3. The smallest absolute Gasteiger partial charge is 0.306 e. The van der Waals surface area contributed by atoms with Crippen LogP contribution in [0, 0.1) is 0 Å². The van der Waals surface area contributed by atoms with Crippen molar-refractivity contribution in [2.24, 2.45) is 0 Å². The largest absolute Gasteiger partial charge is 0.462 e. The molecule has 0 aliphatic rings. The average Bonchev–Trinajstić information content (AvgIpc) is 3.43. The lowest BCUT2D eigenvalue weighted by Gasteiger charge is -2.18. The normalized spacial score (nSPS) is 12.0. The quantitative estimate of drug-likeness (QED) is 0.0261. The Hall–Kier alpha value is -1.85. The highest BCUT2D eigenvalue weighted by Gasteiger charge is 2.19. The molecule has 0 spiro atoms. The van der Waals surface area contributed by atoms with Crippen molar-refractivity contribution in [2.75, 3.05) is 13.2 Å². The number of hydrogen-bond acceptors (Lipinski definition) is 6. The molecule has 6 nitrogen and oxygen atoms in total. The van der Waals surface area contributed by atoms with Gasteiger partial charge in [-0.25, -0.2) is 0 Å². The number of carbonyl (C=O) groups is 3. The summed E-state index contributed by atoms with van der Waals surface area (Å²) in [5, 5.41) is 0. The predicted molar refractivity (Wildman–Crippen MR) is 335 cm³/mol. The van der Waals surface area contributed by atoms with Crippen LogP contribution < -0.4 is 0 Å². The molecule has 0 saturated heterocycles. The number of unbranched alkanes of at least 4 members (excludes halogenated alkanes) is 53. The predicted octanol–water partition coefficient (Wildman–Crippen LogP) is 24.0. The zero-order chi connectivity index (χ0) is 55.7. The Morgan fingerprint density at radius 3 is 0.649 bits per heavy atom. The van der Waals surface area contributed by atoms with E-state index in [4.69, 9.17) is 14.2 Å². The van der Waals surface area contributed by atoms with Crippen molar-refractivity contribution in [3.05, 3.63) is 12.2 Å². The first-order chi connectivity index (χ1) is 38.0. The Morgan fingerprint density at radius 2 is 0.429 bits per heavy atom. The van der Waals surface area contributed by atoms with Crippen LogP contribution in [0.4, 0.5) is 0 Å². The van der Waals surface area contributed by atoms with E-state index in [1.807, 2.05) is 0 Å². The van der Waals surface area contributed by atoms with E-state index in [2.05, 4.69) is 32.9 Å². The van der Waals surface area contributed by atoms with Gasteiger partial charge in [0.15, 0.2) is 6.10 Å². The molecule has 0 fully saturated rings. The lowest BCUT2D eigenvalue weighted by Crippen LogP contribution is -2.30. The molecule has 0 rings (SSSR count). The molecular formula is C71H136O6. The monoisotopic (exact) mass is 1090 g/mol. The van der Waals surface area contributed by atoms with E-state index >= 15 is 0 Å². The van der Waals surface area contributed by atoms with E-state index in [-0.39, 0.29) is 31.1 Å². The molecule has 6 heteroatoms. The highest BCUT2D eigenvalue weighted by molar-refractivity contribution is 5.71. The number of esters is 3. The topological polar surface area (TPSA) is 78.9 Å². The first-order valence-corrected chi connectivity index (χ1v) is 35.2. The van der Waals surface area contributed by atoms with Gasteiger partial charge in [0.2, 0.25) is 0 Å². The molecule has 0 heterocycles. The third-order valence-electron chi connectivity index (χ3n) is 16.3. The molecule has 0 aliphatic carbocycles. The van der Waals surface area contributed by atoms with Crippen LogP contribution in [-0.2, 0) is 28.6 Å². The van der Waals surface area contributed by atoms with Crippen LogP contribution in [0.3, 0.4) is 0 Å². The van der Waals surface area contributed by atoms with Crippen LogP contribution >= 0.6 is 0 Å². The fourth-order valence-electron chi connectivity index (χ4n) is 11.0. The second-order valence-electron chi connectivity index (χ2n) is 24.2. The SMILES string of the molecule is CCCCCCCC/C=C\CCCCCCCCCC(=O)OC(COC(=O)CCCCCCCCCCCCC)COC(=O)CCCCCCCCCCCCCCCCCCCCCCCCCCCCCCCCC. The highest BCUT2D eigenvalue weighted by Crippen LogP contribution is 2.19. The second-order valence-corrected chi connectivity index (χ2v) is 24.2. The molecule has 456 valence electrons. The van der Waals surface area contributed by atoms with E-state index in [1.54, 1.807) is 0 Å². The number of carbonyl (C=O) groups excluding carboxylic acids is 3. The fourth-order valence-corrected chi connectivity index (χ4v) is 11.0. The summed E-state index contributed by atoms with van der Waals surface area (Å²) in [6.07, 6.45) is 79.7. The van der Waals surface area contributed by atoms with Crippen molar-refractivity contribution in [1.82, 2.24) is 0 Å². The van der Waals surface area contributed by atoms with Gasteiger partial charge in [0.1, 0.15) is 13.2 Å². The Bertz CT molecular complexity index is 1200. The minimum Gasteiger partial charge on any atom is -0.462 e. The first kappa shape index (κ1) is 75.2. The summed E-state index contributed by atoms with van der Waals surface area (Å²) < 4.78 is 16.9. The number of hydrogen-bond donors (Lipinski definition) is 0. The highest BCUT2D eigenvalue weighted by atomic mass is 16.6. The third-order valence-corrected chi connectivity index (χ3v) is 16.3. The molecule has 0 radical (unpaired) electrons. The molecule has 0 bridgehead atoms. The minimum atomic E-state index is -0.768. The lowest BCUT2D eigenvalue weighted by molar-refractivity contribution is -0.167.